The van der Waals surface area contributed by atoms with Crippen molar-refractivity contribution in [2.75, 3.05) is 0 Å². The maximum atomic E-state index is 5.57. The minimum absolute atomic E-state index is 0.0704. The van der Waals surface area contributed by atoms with Crippen LogP contribution in [0, 0.1) is 0 Å². The van der Waals surface area contributed by atoms with Crippen LogP contribution in [0.4, 0.5) is 0 Å². The normalized spacial score (nSPS) is 13.2. The minimum Gasteiger partial charge on any atom is -0.228 e. The average molecular weight is 1800 g/mol. The lowest BCUT2D eigenvalue weighted by molar-refractivity contribution is 0.660. The van der Waals surface area contributed by atoms with E-state index < -0.39 is 0 Å². The standard InChI is InChI=1S/C49H34N2.C47H32N2.C39H28N2/c1-49(2)41-24-12-10-21-38(41)46-40(23-14-25-42(46)49)48-50-43-26-13-11-22-39(43)47(51-48)33-29-27-32(28-30-33)45-36-19-8-6-17-34(36)44(31-15-4-3-5-16-31)35-18-7-9-20-37(35)45;1-47(2)39-23-11-9-20-36(39)43-38(22-13-24-40(43)47)46-48-41-25-12-10-21-37(41)45(49-46)44-34-18-7-5-16-32(34)42(33-17-6-8-19-35(33)44)31-27-26-29-14-3-4-15-30(29)28-31;1-39(2)33-18-7-5-14-30(33)36-32(17-10-19-34(36)39)38-40-35-20-8-6-15-31(35)37(41-38)27-23-21-26(22-24-27)29-16-9-12-25-11-3-4-13-28(25)29/h3-30H,1-2H3;3-28H,1-2H3;3-24H,1-2H3. The van der Waals surface area contributed by atoms with Gasteiger partial charge in [-0.2, -0.15) is 0 Å². The molecule has 141 heavy (non-hydrogen) atoms. The van der Waals surface area contributed by atoms with E-state index in [1.54, 1.807) is 0 Å². The quantitative estimate of drug-likeness (QED) is 0.127. The van der Waals surface area contributed by atoms with Gasteiger partial charge in [-0.15, -0.1) is 0 Å². The summed E-state index contributed by atoms with van der Waals surface area (Å²) in [6.45, 7) is 13.9. The predicted molar refractivity (Wildman–Crippen MR) is 591 cm³/mol. The molecule has 6 heteroatoms. The fourth-order valence-corrected chi connectivity index (χ4v) is 23.5. The summed E-state index contributed by atoms with van der Waals surface area (Å²) in [6.07, 6.45) is 0. The van der Waals surface area contributed by atoms with Crippen molar-refractivity contribution in [2.45, 2.75) is 57.8 Å². The largest absolute Gasteiger partial charge is 0.228 e. The third-order valence-electron chi connectivity index (χ3n) is 30.3. The maximum absolute atomic E-state index is 5.57. The molecule has 6 nitrogen and oxygen atoms in total. The van der Waals surface area contributed by atoms with E-state index in [0.29, 0.717) is 0 Å². The summed E-state index contributed by atoms with van der Waals surface area (Å²) in [6, 6.07) is 166. The molecule has 3 aliphatic carbocycles. The van der Waals surface area contributed by atoms with Gasteiger partial charge < -0.3 is 0 Å². The third-order valence-corrected chi connectivity index (χ3v) is 30.3. The highest BCUT2D eigenvalue weighted by molar-refractivity contribution is 6.25. The zero-order chi connectivity index (χ0) is 94.4. The molecule has 25 aromatic rings. The Bertz CT molecular complexity index is 9340. The summed E-state index contributed by atoms with van der Waals surface area (Å²) in [7, 11) is 0. The average Bonchev–Trinajstić information content (AvgIpc) is 1.54. The van der Waals surface area contributed by atoms with Crippen LogP contribution >= 0.6 is 0 Å². The number of aromatic nitrogens is 6. The lowest BCUT2D eigenvalue weighted by atomic mass is 9.82. The highest BCUT2D eigenvalue weighted by atomic mass is 14.9. The summed E-state index contributed by atoms with van der Waals surface area (Å²) in [5.74, 6) is 2.27. The number of nitrogens with zero attached hydrogens (tertiary/aromatic N) is 6. The van der Waals surface area contributed by atoms with Crippen LogP contribution < -0.4 is 0 Å². The van der Waals surface area contributed by atoms with Crippen LogP contribution in [0.25, 0.3) is 243 Å². The predicted octanol–water partition coefficient (Wildman–Crippen LogP) is 35.4. The van der Waals surface area contributed by atoms with E-state index >= 15 is 0 Å². The molecule has 0 N–H and O–H groups in total. The summed E-state index contributed by atoms with van der Waals surface area (Å²) >= 11 is 0. The first kappa shape index (κ1) is 84.0. The number of hydrogen-bond acceptors (Lipinski definition) is 6. The Morgan fingerprint density at radius 2 is 0.404 bits per heavy atom. The smallest absolute Gasteiger partial charge is 0.161 e. The lowest BCUT2D eigenvalue weighted by Gasteiger charge is -2.21. The summed E-state index contributed by atoms with van der Waals surface area (Å²) in [5.41, 5.74) is 37.4. The molecule has 0 atom stereocenters. The van der Waals surface area contributed by atoms with Gasteiger partial charge in [-0.3, -0.25) is 0 Å². The van der Waals surface area contributed by atoms with Gasteiger partial charge in [-0.25, -0.2) is 29.9 Å². The number of para-hydroxylation sites is 3. The minimum atomic E-state index is -0.105. The molecule has 3 aliphatic rings. The second kappa shape index (κ2) is 33.4. The molecule has 664 valence electrons. The molecule has 22 aromatic carbocycles. The van der Waals surface area contributed by atoms with Crippen LogP contribution in [-0.4, -0.2) is 29.9 Å². The maximum Gasteiger partial charge on any atom is 0.161 e. The Balaban J connectivity index is 0.000000109. The van der Waals surface area contributed by atoms with Crippen molar-refractivity contribution in [3.63, 3.8) is 0 Å². The highest BCUT2D eigenvalue weighted by Crippen LogP contribution is 2.57. The molecule has 3 aromatic heterocycles. The Morgan fingerprint density at radius 1 is 0.142 bits per heavy atom. The van der Waals surface area contributed by atoms with Crippen LogP contribution in [0.2, 0.25) is 0 Å². The highest BCUT2D eigenvalue weighted by Gasteiger charge is 2.41. The van der Waals surface area contributed by atoms with E-state index in [1.807, 2.05) is 0 Å². The molecule has 28 rings (SSSR count). The number of benzene rings is 22. The second-order valence-electron chi connectivity index (χ2n) is 39.2. The molecule has 3 heterocycles. The summed E-state index contributed by atoms with van der Waals surface area (Å²) < 4.78 is 0. The van der Waals surface area contributed by atoms with Gasteiger partial charge in [-0.05, 0) is 200 Å². The van der Waals surface area contributed by atoms with Crippen LogP contribution in [-0.2, 0) is 16.2 Å². The first-order valence-electron chi connectivity index (χ1n) is 48.9. The van der Waals surface area contributed by atoms with Crippen LogP contribution in [0.1, 0.15) is 74.9 Å². The Labute approximate surface area is 819 Å². The van der Waals surface area contributed by atoms with Crippen molar-refractivity contribution < 1.29 is 0 Å². The van der Waals surface area contributed by atoms with Gasteiger partial charge in [0, 0.05) is 65.8 Å². The molecular formula is C135H94N6. The van der Waals surface area contributed by atoms with E-state index in [2.05, 4.69) is 503 Å². The van der Waals surface area contributed by atoms with E-state index in [0.717, 1.165) is 101 Å². The zero-order valence-corrected chi connectivity index (χ0v) is 79.1. The number of fused-ring (bicyclic) bond motifs is 18. The fraction of sp³-hybridized carbons (Fsp3) is 0.0667. The first-order chi connectivity index (χ1) is 69.2. The van der Waals surface area contributed by atoms with Crippen molar-refractivity contribution in [1.82, 2.24) is 29.9 Å². The molecule has 0 saturated heterocycles. The Kier molecular flexibility index (Phi) is 19.9. The fourth-order valence-electron chi connectivity index (χ4n) is 23.5. The third kappa shape index (κ3) is 13.7. The van der Waals surface area contributed by atoms with Crippen LogP contribution in [0.15, 0.2) is 461 Å². The van der Waals surface area contributed by atoms with Crippen LogP contribution in [0.3, 0.4) is 0 Å². The van der Waals surface area contributed by atoms with Crippen molar-refractivity contribution in [3.8, 4) is 146 Å². The van der Waals surface area contributed by atoms with Gasteiger partial charge in [0.15, 0.2) is 17.5 Å². The lowest BCUT2D eigenvalue weighted by Crippen LogP contribution is -2.14. The number of rotatable bonds is 10. The van der Waals surface area contributed by atoms with Gasteiger partial charge in [0.05, 0.1) is 33.6 Å². The van der Waals surface area contributed by atoms with E-state index in [4.69, 9.17) is 29.9 Å². The molecule has 0 spiro atoms. The molecular weight excluding hydrogens is 1710 g/mol. The van der Waals surface area contributed by atoms with E-state index in [1.165, 1.54) is 176 Å². The van der Waals surface area contributed by atoms with Gasteiger partial charge >= 0.3 is 0 Å². The topological polar surface area (TPSA) is 77.3 Å². The van der Waals surface area contributed by atoms with Crippen molar-refractivity contribution in [1.29, 1.82) is 0 Å². The van der Waals surface area contributed by atoms with Crippen LogP contribution in [0.5, 0.6) is 0 Å². The second-order valence-corrected chi connectivity index (χ2v) is 39.2. The molecule has 0 amide bonds. The first-order valence-corrected chi connectivity index (χ1v) is 48.9. The van der Waals surface area contributed by atoms with Crippen molar-refractivity contribution in [2.24, 2.45) is 0 Å². The molecule has 0 saturated carbocycles. The van der Waals surface area contributed by atoms with Gasteiger partial charge in [0.1, 0.15) is 0 Å². The molecule has 0 fully saturated rings. The van der Waals surface area contributed by atoms with E-state index in [-0.39, 0.29) is 16.2 Å². The van der Waals surface area contributed by atoms with E-state index in [9.17, 15) is 0 Å². The molecule has 0 aliphatic heterocycles. The molecule has 0 radical (unpaired) electrons. The zero-order valence-electron chi connectivity index (χ0n) is 79.1. The Hall–Kier alpha value is -17.6. The number of hydrogen-bond donors (Lipinski definition) is 0. The van der Waals surface area contributed by atoms with Gasteiger partial charge in [0.25, 0.3) is 0 Å². The summed E-state index contributed by atoms with van der Waals surface area (Å²) in [5, 5.41) is 18.0. The molecule has 0 bridgehead atoms. The summed E-state index contributed by atoms with van der Waals surface area (Å²) in [4.78, 5) is 31.8. The molecule has 0 unspecified atom stereocenters. The SMILES string of the molecule is CC1(C)c2ccccc2-c2c(-c3nc(-c4c5ccccc5c(-c5ccc6ccccc6c5)c5ccccc45)c4ccccc4n3)cccc21.CC1(C)c2ccccc2-c2c(-c3nc(-c4ccc(-c5c6ccccc6c(-c6ccccc6)c6ccccc56)cc4)c4ccccc4n3)cccc21.CC1(C)c2ccccc2-c2c(-c3nc(-c4ccc(-c5cccc6ccccc56)cc4)c4ccccc4n3)cccc21. The van der Waals surface area contributed by atoms with Gasteiger partial charge in [-0.1, -0.05) is 478 Å². The Morgan fingerprint density at radius 3 is 0.823 bits per heavy atom. The van der Waals surface area contributed by atoms with Gasteiger partial charge in [0.2, 0.25) is 0 Å². The monoisotopic (exact) mass is 1800 g/mol. The van der Waals surface area contributed by atoms with Crippen molar-refractivity contribution >= 4 is 97.3 Å². The van der Waals surface area contributed by atoms with Crippen molar-refractivity contribution in [3.05, 3.63) is 494 Å².